The summed E-state index contributed by atoms with van der Waals surface area (Å²) in [6.45, 7) is 0.880. The van der Waals surface area contributed by atoms with Gasteiger partial charge in [-0.2, -0.15) is 0 Å². The number of fused-ring (bicyclic) bond motifs is 5. The van der Waals surface area contributed by atoms with Crippen LogP contribution in [0.2, 0.25) is 0 Å². The molecule has 3 heterocycles. The lowest BCUT2D eigenvalue weighted by Gasteiger charge is -2.18. The first-order chi connectivity index (χ1) is 11.3. The molecule has 1 aliphatic heterocycles. The monoisotopic (exact) mass is 324 g/mol. The van der Waals surface area contributed by atoms with Crippen LogP contribution in [0.25, 0.3) is 5.00 Å². The highest BCUT2D eigenvalue weighted by atomic mass is 32.1. The maximum absolute atomic E-state index is 13.3. The zero-order chi connectivity index (χ0) is 15.4. The Morgan fingerprint density at radius 2 is 1.96 bits per heavy atom. The highest BCUT2D eigenvalue weighted by Gasteiger charge is 2.29. The molecule has 5 rings (SSSR count). The van der Waals surface area contributed by atoms with Crippen LogP contribution in [-0.4, -0.2) is 4.57 Å². The highest BCUT2D eigenvalue weighted by Crippen LogP contribution is 2.41. The zero-order valence-corrected chi connectivity index (χ0v) is 13.5. The molecule has 0 spiro atoms. The van der Waals surface area contributed by atoms with Gasteiger partial charge in [0.05, 0.1) is 6.04 Å². The minimum absolute atomic E-state index is 0.0993. The third kappa shape index (κ3) is 2.02. The first kappa shape index (κ1) is 13.5. The number of hydrogen-bond acceptors (Lipinski definition) is 2. The van der Waals surface area contributed by atoms with Gasteiger partial charge >= 0.3 is 0 Å². The topological polar surface area (TPSA) is 17.0 Å². The summed E-state index contributed by atoms with van der Waals surface area (Å²) in [5.74, 6) is -0.185. The summed E-state index contributed by atoms with van der Waals surface area (Å²) in [5.41, 5.74) is 5.37. The first-order valence-electron chi connectivity index (χ1n) is 8.11. The molecular weight excluding hydrogens is 307 g/mol. The molecule has 0 saturated carbocycles. The summed E-state index contributed by atoms with van der Waals surface area (Å²) in [4.78, 5) is 1.57. The van der Waals surface area contributed by atoms with Crippen molar-refractivity contribution >= 4 is 11.3 Å². The van der Waals surface area contributed by atoms with Gasteiger partial charge in [-0.05, 0) is 54.7 Å². The van der Waals surface area contributed by atoms with Crippen LogP contribution in [0.15, 0.2) is 42.6 Å². The highest BCUT2D eigenvalue weighted by molar-refractivity contribution is 7.15. The number of hydrogen-bond donors (Lipinski definition) is 1. The van der Waals surface area contributed by atoms with E-state index in [4.69, 9.17) is 0 Å². The standard InChI is InChI=1S/C19H17FN2S/c20-13-8-6-12(7-9-13)18-16-4-2-10-22(16)19-15(11-21-18)14-3-1-5-17(14)23-19/h2,4,6-10,18,21H,1,3,5,11H2. The van der Waals surface area contributed by atoms with Gasteiger partial charge in [-0.15, -0.1) is 11.3 Å². The molecule has 2 aliphatic rings. The molecule has 23 heavy (non-hydrogen) atoms. The average Bonchev–Trinajstić information content (AvgIpc) is 3.24. The second-order valence-electron chi connectivity index (χ2n) is 6.31. The van der Waals surface area contributed by atoms with Crippen LogP contribution in [0.5, 0.6) is 0 Å². The normalized spacial score (nSPS) is 19.1. The van der Waals surface area contributed by atoms with Gasteiger partial charge in [0.2, 0.25) is 0 Å². The Labute approximate surface area is 138 Å². The largest absolute Gasteiger partial charge is 0.310 e. The van der Waals surface area contributed by atoms with Crippen molar-refractivity contribution in [2.75, 3.05) is 0 Å². The molecule has 0 saturated heterocycles. The minimum atomic E-state index is -0.185. The van der Waals surface area contributed by atoms with Crippen LogP contribution in [0, 0.1) is 5.82 Å². The lowest BCUT2D eigenvalue weighted by molar-refractivity contribution is 0.593. The molecule has 116 valence electrons. The van der Waals surface area contributed by atoms with Crippen molar-refractivity contribution in [3.8, 4) is 5.00 Å². The Kier molecular flexibility index (Phi) is 2.97. The molecular formula is C19H17FN2S. The molecule has 1 unspecified atom stereocenters. The maximum atomic E-state index is 13.3. The average molecular weight is 324 g/mol. The Hall–Kier alpha value is -1.91. The number of halogens is 1. The second-order valence-corrected chi connectivity index (χ2v) is 7.39. The van der Waals surface area contributed by atoms with Crippen molar-refractivity contribution in [3.05, 3.63) is 75.7 Å². The van der Waals surface area contributed by atoms with Gasteiger partial charge in [0.15, 0.2) is 0 Å². The third-order valence-electron chi connectivity index (χ3n) is 4.99. The maximum Gasteiger partial charge on any atom is 0.123 e. The smallest absolute Gasteiger partial charge is 0.123 e. The van der Waals surface area contributed by atoms with Crippen molar-refractivity contribution < 1.29 is 4.39 Å². The SMILES string of the molecule is Fc1ccc(C2NCc3c(sc4c3CCC4)-n3cccc32)cc1. The number of nitrogens with zero attached hydrogens (tertiary/aromatic N) is 1. The Bertz CT molecular complexity index is 875. The summed E-state index contributed by atoms with van der Waals surface area (Å²) in [7, 11) is 0. The Morgan fingerprint density at radius 3 is 2.83 bits per heavy atom. The fraction of sp³-hybridized carbons (Fsp3) is 0.263. The fourth-order valence-corrected chi connectivity index (χ4v) is 5.31. The number of aromatic nitrogens is 1. The summed E-state index contributed by atoms with van der Waals surface area (Å²) in [6.07, 6.45) is 5.88. The lowest BCUT2D eigenvalue weighted by atomic mass is 10.0. The summed E-state index contributed by atoms with van der Waals surface area (Å²) >= 11 is 1.95. The van der Waals surface area contributed by atoms with Crippen LogP contribution >= 0.6 is 11.3 Å². The van der Waals surface area contributed by atoms with Crippen molar-refractivity contribution in [2.24, 2.45) is 0 Å². The van der Waals surface area contributed by atoms with Gasteiger partial charge in [0.1, 0.15) is 10.8 Å². The summed E-state index contributed by atoms with van der Waals surface area (Å²) < 4.78 is 15.6. The fourth-order valence-electron chi connectivity index (χ4n) is 3.90. The van der Waals surface area contributed by atoms with Gasteiger partial charge in [-0.25, -0.2) is 4.39 Å². The second kappa shape index (κ2) is 5.05. The number of benzene rings is 1. The van der Waals surface area contributed by atoms with Crippen LogP contribution in [-0.2, 0) is 19.4 Å². The molecule has 2 nitrogen and oxygen atoms in total. The van der Waals surface area contributed by atoms with Crippen LogP contribution in [0.4, 0.5) is 4.39 Å². The van der Waals surface area contributed by atoms with E-state index in [1.54, 1.807) is 22.6 Å². The van der Waals surface area contributed by atoms with E-state index in [1.807, 2.05) is 23.5 Å². The lowest BCUT2D eigenvalue weighted by Crippen LogP contribution is -2.21. The van der Waals surface area contributed by atoms with Gasteiger partial charge in [-0.1, -0.05) is 12.1 Å². The van der Waals surface area contributed by atoms with E-state index in [0.717, 1.165) is 12.1 Å². The van der Waals surface area contributed by atoms with Gasteiger partial charge in [-0.3, -0.25) is 0 Å². The molecule has 1 N–H and O–H groups in total. The van der Waals surface area contributed by atoms with Crippen LogP contribution < -0.4 is 5.32 Å². The van der Waals surface area contributed by atoms with E-state index in [-0.39, 0.29) is 11.9 Å². The molecule has 2 aromatic heterocycles. The molecule has 0 fully saturated rings. The van der Waals surface area contributed by atoms with E-state index in [9.17, 15) is 4.39 Å². The molecule has 4 heteroatoms. The Balaban J connectivity index is 1.65. The van der Waals surface area contributed by atoms with Crippen LogP contribution in [0.3, 0.4) is 0 Å². The molecule has 1 atom stereocenters. The number of rotatable bonds is 1. The van der Waals surface area contributed by atoms with Gasteiger partial charge in [0.25, 0.3) is 0 Å². The predicted octanol–water partition coefficient (Wildman–Crippen LogP) is 4.36. The number of nitrogens with one attached hydrogen (secondary N) is 1. The summed E-state index contributed by atoms with van der Waals surface area (Å²) in [6, 6.07) is 11.2. The first-order valence-corrected chi connectivity index (χ1v) is 8.93. The van der Waals surface area contributed by atoms with Gasteiger partial charge < -0.3 is 9.88 Å². The van der Waals surface area contributed by atoms with Crippen molar-refractivity contribution in [2.45, 2.75) is 31.8 Å². The van der Waals surface area contributed by atoms with E-state index < -0.39 is 0 Å². The molecule has 1 aromatic carbocycles. The van der Waals surface area contributed by atoms with Crippen LogP contribution in [0.1, 0.15) is 39.7 Å². The third-order valence-corrected chi connectivity index (χ3v) is 6.32. The molecule has 0 amide bonds. The van der Waals surface area contributed by atoms with Crippen molar-refractivity contribution in [3.63, 3.8) is 0 Å². The number of aryl methyl sites for hydroxylation is 1. The van der Waals surface area contributed by atoms with E-state index in [0.29, 0.717) is 0 Å². The van der Waals surface area contributed by atoms with Gasteiger partial charge in [0, 0.05) is 28.9 Å². The minimum Gasteiger partial charge on any atom is -0.310 e. The predicted molar refractivity (Wildman–Crippen MR) is 90.8 cm³/mol. The molecule has 0 radical (unpaired) electrons. The molecule has 0 bridgehead atoms. The zero-order valence-electron chi connectivity index (χ0n) is 12.7. The van der Waals surface area contributed by atoms with E-state index >= 15 is 0 Å². The number of thiophene rings is 1. The Morgan fingerprint density at radius 1 is 1.09 bits per heavy atom. The molecule has 1 aliphatic carbocycles. The van der Waals surface area contributed by atoms with E-state index in [2.05, 4.69) is 28.2 Å². The molecule has 3 aromatic rings. The quantitative estimate of drug-likeness (QED) is 0.704. The van der Waals surface area contributed by atoms with Crippen molar-refractivity contribution in [1.29, 1.82) is 0 Å². The van der Waals surface area contributed by atoms with Crippen molar-refractivity contribution in [1.82, 2.24) is 9.88 Å². The van der Waals surface area contributed by atoms with E-state index in [1.165, 1.54) is 35.5 Å². The summed E-state index contributed by atoms with van der Waals surface area (Å²) in [5, 5.41) is 5.06.